The standard InChI is InChI=1S/C18H17F2N3O4S/c19-18(20)16(25)23(13-4-2-1-3-5-13)10-17(27-18)9-22(6-7-26-11-17)15(24)14-8-21-12-28-14/h1-5,8,12H,6-7,9-11H2. The van der Waals surface area contributed by atoms with Crippen LogP contribution in [0, 0.1) is 0 Å². The zero-order chi connectivity index (χ0) is 19.8. The first-order chi connectivity index (χ1) is 13.4. The van der Waals surface area contributed by atoms with Crippen LogP contribution in [0.15, 0.2) is 42.0 Å². The number of amides is 2. The number of benzene rings is 1. The minimum absolute atomic E-state index is 0.129. The molecule has 2 amide bonds. The number of thiazole rings is 1. The van der Waals surface area contributed by atoms with Crippen LogP contribution in [0.4, 0.5) is 14.5 Å². The highest BCUT2D eigenvalue weighted by molar-refractivity contribution is 7.11. The van der Waals surface area contributed by atoms with Crippen molar-refractivity contribution in [3.05, 3.63) is 46.9 Å². The fraction of sp³-hybridized carbons (Fsp3) is 0.389. The molecular weight excluding hydrogens is 392 g/mol. The normalized spacial score (nSPS) is 25.0. The van der Waals surface area contributed by atoms with E-state index >= 15 is 0 Å². The van der Waals surface area contributed by atoms with E-state index in [1.807, 2.05) is 0 Å². The number of para-hydroxylation sites is 1. The fourth-order valence-electron chi connectivity index (χ4n) is 3.39. The summed E-state index contributed by atoms with van der Waals surface area (Å²) in [6.07, 6.45) is -2.59. The van der Waals surface area contributed by atoms with Gasteiger partial charge in [0, 0.05) is 12.2 Å². The third-order valence-electron chi connectivity index (χ3n) is 4.63. The molecule has 2 aliphatic rings. The largest absolute Gasteiger partial charge is 0.437 e. The summed E-state index contributed by atoms with van der Waals surface area (Å²) in [6, 6.07) is 8.19. The third kappa shape index (κ3) is 3.50. The molecule has 3 heterocycles. The Balaban J connectivity index is 1.66. The molecule has 2 aromatic rings. The lowest BCUT2D eigenvalue weighted by molar-refractivity contribution is -0.293. The van der Waals surface area contributed by atoms with Crippen molar-refractivity contribution in [1.82, 2.24) is 9.88 Å². The van der Waals surface area contributed by atoms with Crippen molar-refractivity contribution in [2.24, 2.45) is 0 Å². The second kappa shape index (κ2) is 7.19. The van der Waals surface area contributed by atoms with Crippen molar-refractivity contribution >= 4 is 28.8 Å². The van der Waals surface area contributed by atoms with Crippen molar-refractivity contribution in [1.29, 1.82) is 0 Å². The van der Waals surface area contributed by atoms with Crippen molar-refractivity contribution in [2.45, 2.75) is 11.7 Å². The second-order valence-corrected chi connectivity index (χ2v) is 7.56. The minimum atomic E-state index is -4.03. The number of aromatic nitrogens is 1. The lowest BCUT2D eigenvalue weighted by atomic mass is 10.00. The Hall–Kier alpha value is -2.43. The molecule has 0 radical (unpaired) electrons. The molecule has 10 heteroatoms. The van der Waals surface area contributed by atoms with Crippen molar-refractivity contribution in [2.75, 3.05) is 37.7 Å². The molecule has 1 aromatic heterocycles. The van der Waals surface area contributed by atoms with Crippen LogP contribution in [-0.4, -0.2) is 66.3 Å². The van der Waals surface area contributed by atoms with E-state index in [-0.39, 0.29) is 38.8 Å². The first kappa shape index (κ1) is 18.9. The molecule has 0 aliphatic carbocycles. The van der Waals surface area contributed by atoms with Crippen LogP contribution in [0.1, 0.15) is 9.67 Å². The molecule has 0 N–H and O–H groups in total. The molecule has 0 saturated carbocycles. The zero-order valence-electron chi connectivity index (χ0n) is 14.7. The topological polar surface area (TPSA) is 72.0 Å². The quantitative estimate of drug-likeness (QED) is 0.759. The lowest BCUT2D eigenvalue weighted by Gasteiger charge is -2.45. The Morgan fingerprint density at radius 2 is 2.00 bits per heavy atom. The summed E-state index contributed by atoms with van der Waals surface area (Å²) in [5.74, 6) is -1.77. The first-order valence-corrected chi connectivity index (χ1v) is 9.49. The van der Waals surface area contributed by atoms with Crippen molar-refractivity contribution in [3.8, 4) is 0 Å². The number of morpholine rings is 1. The van der Waals surface area contributed by atoms with Gasteiger partial charge in [-0.25, -0.2) is 0 Å². The molecule has 2 saturated heterocycles. The molecule has 1 spiro atoms. The predicted octanol–water partition coefficient (Wildman–Crippen LogP) is 2.01. The van der Waals surface area contributed by atoms with Crippen LogP contribution in [0.25, 0.3) is 0 Å². The Morgan fingerprint density at radius 1 is 1.21 bits per heavy atom. The first-order valence-electron chi connectivity index (χ1n) is 8.61. The number of hydrogen-bond acceptors (Lipinski definition) is 6. The van der Waals surface area contributed by atoms with E-state index in [1.165, 1.54) is 27.9 Å². The number of halogens is 2. The zero-order valence-corrected chi connectivity index (χ0v) is 15.5. The number of carbonyl (C=O) groups excluding carboxylic acids is 2. The summed E-state index contributed by atoms with van der Waals surface area (Å²) >= 11 is 1.17. The van der Waals surface area contributed by atoms with Crippen LogP contribution in [0.5, 0.6) is 0 Å². The third-order valence-corrected chi connectivity index (χ3v) is 5.39. The lowest BCUT2D eigenvalue weighted by Crippen LogP contribution is -2.66. The van der Waals surface area contributed by atoms with Gasteiger partial charge in [-0.05, 0) is 12.1 Å². The van der Waals surface area contributed by atoms with E-state index in [9.17, 15) is 18.4 Å². The van der Waals surface area contributed by atoms with Crippen LogP contribution in [0.2, 0.25) is 0 Å². The average molecular weight is 409 g/mol. The maximum atomic E-state index is 14.5. The van der Waals surface area contributed by atoms with E-state index < -0.39 is 17.6 Å². The SMILES string of the molecule is O=C(c1cncs1)N1CCOCC2(C1)CN(c1ccccc1)C(=O)C(F)(F)O2. The van der Waals surface area contributed by atoms with Gasteiger partial charge < -0.3 is 14.5 Å². The molecule has 7 nitrogen and oxygen atoms in total. The van der Waals surface area contributed by atoms with Crippen LogP contribution >= 0.6 is 11.3 Å². The smallest absolute Gasteiger partial charge is 0.376 e. The number of ether oxygens (including phenoxy) is 2. The molecule has 2 fully saturated rings. The molecule has 148 valence electrons. The average Bonchev–Trinajstić information content (AvgIpc) is 3.14. The fourth-order valence-corrected chi connectivity index (χ4v) is 3.98. The maximum Gasteiger partial charge on any atom is 0.437 e. The Morgan fingerprint density at radius 3 is 2.71 bits per heavy atom. The molecule has 1 atom stereocenters. The highest BCUT2D eigenvalue weighted by Crippen LogP contribution is 2.37. The van der Waals surface area contributed by atoms with Gasteiger partial charge in [0.2, 0.25) is 0 Å². The van der Waals surface area contributed by atoms with Crippen LogP contribution in [0.3, 0.4) is 0 Å². The van der Waals surface area contributed by atoms with E-state index in [1.54, 1.807) is 30.3 Å². The maximum absolute atomic E-state index is 14.5. The Bertz CT molecular complexity index is 865. The minimum Gasteiger partial charge on any atom is -0.376 e. The highest BCUT2D eigenvalue weighted by Gasteiger charge is 2.58. The van der Waals surface area contributed by atoms with Crippen LogP contribution < -0.4 is 4.90 Å². The van der Waals surface area contributed by atoms with E-state index in [0.717, 1.165) is 4.90 Å². The Labute approximate surface area is 163 Å². The number of carbonyl (C=O) groups is 2. The van der Waals surface area contributed by atoms with Gasteiger partial charge in [0.25, 0.3) is 5.91 Å². The van der Waals surface area contributed by atoms with E-state index in [0.29, 0.717) is 10.6 Å². The number of rotatable bonds is 2. The summed E-state index contributed by atoms with van der Waals surface area (Å²) in [7, 11) is 0. The van der Waals surface area contributed by atoms with Gasteiger partial charge in [0.05, 0.1) is 38.0 Å². The molecule has 28 heavy (non-hydrogen) atoms. The Kier molecular flexibility index (Phi) is 4.86. The van der Waals surface area contributed by atoms with Gasteiger partial charge in [-0.3, -0.25) is 19.3 Å². The number of hydrogen-bond donors (Lipinski definition) is 0. The molecule has 1 unspecified atom stereocenters. The van der Waals surface area contributed by atoms with Crippen molar-refractivity contribution in [3.63, 3.8) is 0 Å². The van der Waals surface area contributed by atoms with Gasteiger partial charge in [-0.1, -0.05) is 18.2 Å². The molecule has 4 rings (SSSR count). The number of nitrogens with zero attached hydrogens (tertiary/aromatic N) is 3. The summed E-state index contributed by atoms with van der Waals surface area (Å²) < 4.78 is 39.5. The van der Waals surface area contributed by atoms with Gasteiger partial charge in [0.1, 0.15) is 10.5 Å². The molecule has 2 aliphatic heterocycles. The predicted molar refractivity (Wildman–Crippen MR) is 96.4 cm³/mol. The van der Waals surface area contributed by atoms with Crippen LogP contribution in [-0.2, 0) is 14.3 Å². The number of alkyl halides is 2. The summed E-state index contributed by atoms with van der Waals surface area (Å²) in [4.78, 5) is 31.7. The second-order valence-electron chi connectivity index (χ2n) is 6.67. The molecule has 1 aromatic carbocycles. The van der Waals surface area contributed by atoms with Gasteiger partial charge in [-0.2, -0.15) is 8.78 Å². The summed E-state index contributed by atoms with van der Waals surface area (Å²) in [6.45, 7) is -0.0350. The van der Waals surface area contributed by atoms with E-state index in [4.69, 9.17) is 9.47 Å². The number of anilines is 1. The summed E-state index contributed by atoms with van der Waals surface area (Å²) in [5, 5.41) is 0. The van der Waals surface area contributed by atoms with Gasteiger partial charge >= 0.3 is 12.0 Å². The monoisotopic (exact) mass is 409 g/mol. The summed E-state index contributed by atoms with van der Waals surface area (Å²) in [5.41, 5.74) is 0.307. The van der Waals surface area contributed by atoms with Gasteiger partial charge in [-0.15, -0.1) is 11.3 Å². The highest BCUT2D eigenvalue weighted by atomic mass is 32.1. The molecular formula is C18H17F2N3O4S. The van der Waals surface area contributed by atoms with Crippen molar-refractivity contribution < 1.29 is 27.8 Å². The van der Waals surface area contributed by atoms with Gasteiger partial charge in [0.15, 0.2) is 0 Å². The molecule has 0 bridgehead atoms. The van der Waals surface area contributed by atoms with E-state index in [2.05, 4.69) is 4.98 Å².